The topological polar surface area (TPSA) is 106 Å². The van der Waals surface area contributed by atoms with E-state index < -0.39 is 6.10 Å². The minimum absolute atomic E-state index is 0.247. The van der Waals surface area contributed by atoms with Gasteiger partial charge < -0.3 is 14.8 Å². The molecule has 0 radical (unpaired) electrons. The van der Waals surface area contributed by atoms with Gasteiger partial charge >= 0.3 is 0 Å². The monoisotopic (exact) mass is 471 g/mol. The Morgan fingerprint density at radius 3 is 2.66 bits per heavy atom. The highest BCUT2D eigenvalue weighted by atomic mass is 16.3. The standard InChI is InChI=1S/C27H29N5O3/c1-17-21(14-19-8-10-20(11-9-19)24-16-35-18(2)29-24)15-23(30-26(17)32-13-5-12-28-32)27(34)31-22-6-3-4-7-25(22)33/h5,8-13,15-16,22,25,33H,3-4,6-7,14H2,1-2H3,(H,31,34)/t22-,25-/m0/s1. The number of carbonyl (C=O) groups is 1. The molecule has 1 aliphatic rings. The van der Waals surface area contributed by atoms with E-state index in [0.717, 1.165) is 47.2 Å². The van der Waals surface area contributed by atoms with Gasteiger partial charge in [0.2, 0.25) is 0 Å². The first-order valence-corrected chi connectivity index (χ1v) is 12.0. The number of rotatable bonds is 6. The molecule has 4 aromatic rings. The molecule has 0 aliphatic heterocycles. The number of amides is 1. The van der Waals surface area contributed by atoms with Gasteiger partial charge in [0.15, 0.2) is 11.7 Å². The minimum Gasteiger partial charge on any atom is -0.449 e. The van der Waals surface area contributed by atoms with Crippen molar-refractivity contribution in [1.82, 2.24) is 25.1 Å². The summed E-state index contributed by atoms with van der Waals surface area (Å²) >= 11 is 0. The molecule has 8 heteroatoms. The second-order valence-electron chi connectivity index (χ2n) is 9.12. The summed E-state index contributed by atoms with van der Waals surface area (Å²) in [7, 11) is 0. The molecule has 3 heterocycles. The quantitative estimate of drug-likeness (QED) is 0.437. The smallest absolute Gasteiger partial charge is 0.270 e. The van der Waals surface area contributed by atoms with Crippen molar-refractivity contribution in [2.24, 2.45) is 0 Å². The lowest BCUT2D eigenvalue weighted by Crippen LogP contribution is -2.45. The number of oxazole rings is 1. The molecule has 0 spiro atoms. The predicted molar refractivity (Wildman–Crippen MR) is 131 cm³/mol. The van der Waals surface area contributed by atoms with E-state index in [9.17, 15) is 9.90 Å². The number of nitrogens with zero attached hydrogens (tertiary/aromatic N) is 4. The number of pyridine rings is 1. The van der Waals surface area contributed by atoms with E-state index in [1.165, 1.54) is 0 Å². The van der Waals surface area contributed by atoms with Crippen LogP contribution in [0.25, 0.3) is 17.1 Å². The number of carbonyl (C=O) groups excluding carboxylic acids is 1. The van der Waals surface area contributed by atoms with Gasteiger partial charge in [0.1, 0.15) is 17.7 Å². The summed E-state index contributed by atoms with van der Waals surface area (Å²) in [5.74, 6) is 0.980. The third-order valence-corrected chi connectivity index (χ3v) is 6.62. The number of aromatic nitrogens is 4. The van der Waals surface area contributed by atoms with E-state index in [0.29, 0.717) is 30.2 Å². The molecule has 5 rings (SSSR count). The van der Waals surface area contributed by atoms with Gasteiger partial charge in [-0.15, -0.1) is 0 Å². The van der Waals surface area contributed by atoms with Crippen molar-refractivity contribution in [2.75, 3.05) is 0 Å². The average molecular weight is 472 g/mol. The highest BCUT2D eigenvalue weighted by Crippen LogP contribution is 2.24. The van der Waals surface area contributed by atoms with Crippen LogP contribution in [0.4, 0.5) is 0 Å². The SMILES string of the molecule is Cc1nc(-c2ccc(Cc3cc(C(=O)N[C@H]4CCCC[C@@H]4O)nc(-n4cccn4)c3C)cc2)co1. The van der Waals surface area contributed by atoms with Gasteiger partial charge in [0.25, 0.3) is 5.91 Å². The number of nitrogens with one attached hydrogen (secondary N) is 1. The van der Waals surface area contributed by atoms with E-state index in [-0.39, 0.29) is 11.9 Å². The lowest BCUT2D eigenvalue weighted by atomic mass is 9.92. The normalized spacial score (nSPS) is 17.9. The van der Waals surface area contributed by atoms with Crippen LogP contribution >= 0.6 is 0 Å². The maximum atomic E-state index is 13.2. The van der Waals surface area contributed by atoms with Crippen molar-refractivity contribution >= 4 is 5.91 Å². The second kappa shape index (κ2) is 9.84. The number of hydrogen-bond donors (Lipinski definition) is 2. The first-order chi connectivity index (χ1) is 17.0. The molecular weight excluding hydrogens is 442 g/mol. The molecule has 0 bridgehead atoms. The van der Waals surface area contributed by atoms with Gasteiger partial charge in [-0.25, -0.2) is 14.6 Å². The average Bonchev–Trinajstić information content (AvgIpc) is 3.54. The molecule has 0 unspecified atom stereocenters. The van der Waals surface area contributed by atoms with Gasteiger partial charge in [-0.05, 0) is 55.0 Å². The van der Waals surface area contributed by atoms with Crippen molar-refractivity contribution in [3.05, 3.63) is 83.3 Å². The number of benzene rings is 1. The fraction of sp³-hybridized carbons (Fsp3) is 0.333. The molecule has 0 saturated heterocycles. The van der Waals surface area contributed by atoms with Crippen LogP contribution in [0.2, 0.25) is 0 Å². The second-order valence-corrected chi connectivity index (χ2v) is 9.12. The van der Waals surface area contributed by atoms with Crippen LogP contribution in [0.1, 0.15) is 58.8 Å². The van der Waals surface area contributed by atoms with Crippen LogP contribution in [0.5, 0.6) is 0 Å². The molecule has 1 saturated carbocycles. The van der Waals surface area contributed by atoms with Gasteiger partial charge in [-0.1, -0.05) is 37.1 Å². The van der Waals surface area contributed by atoms with Crippen molar-refractivity contribution in [2.45, 2.75) is 58.1 Å². The Kier molecular flexibility index (Phi) is 6.46. The van der Waals surface area contributed by atoms with Crippen LogP contribution < -0.4 is 5.32 Å². The molecular formula is C27H29N5O3. The van der Waals surface area contributed by atoms with Crippen molar-refractivity contribution in [1.29, 1.82) is 0 Å². The lowest BCUT2D eigenvalue weighted by Gasteiger charge is -2.28. The van der Waals surface area contributed by atoms with Crippen LogP contribution in [-0.2, 0) is 6.42 Å². The summed E-state index contributed by atoms with van der Waals surface area (Å²) in [5.41, 5.74) is 5.16. The fourth-order valence-corrected chi connectivity index (χ4v) is 4.60. The van der Waals surface area contributed by atoms with E-state index in [1.807, 2.05) is 44.3 Å². The first kappa shape index (κ1) is 23.0. The highest BCUT2D eigenvalue weighted by molar-refractivity contribution is 5.93. The molecule has 1 aromatic carbocycles. The largest absolute Gasteiger partial charge is 0.449 e. The Hall–Kier alpha value is -3.78. The van der Waals surface area contributed by atoms with E-state index >= 15 is 0 Å². The number of hydrogen-bond acceptors (Lipinski definition) is 6. The Labute approximate surface area is 204 Å². The van der Waals surface area contributed by atoms with Gasteiger partial charge in [0, 0.05) is 24.9 Å². The molecule has 3 aromatic heterocycles. The molecule has 1 aliphatic carbocycles. The molecule has 1 fully saturated rings. The van der Waals surface area contributed by atoms with Gasteiger partial charge in [-0.2, -0.15) is 5.10 Å². The van der Waals surface area contributed by atoms with Crippen molar-refractivity contribution < 1.29 is 14.3 Å². The maximum Gasteiger partial charge on any atom is 0.270 e. The van der Waals surface area contributed by atoms with Gasteiger partial charge in [0.05, 0.1) is 12.1 Å². The van der Waals surface area contributed by atoms with E-state index in [4.69, 9.17) is 4.42 Å². The summed E-state index contributed by atoms with van der Waals surface area (Å²) in [4.78, 5) is 22.2. The third-order valence-electron chi connectivity index (χ3n) is 6.62. The Morgan fingerprint density at radius 2 is 1.97 bits per heavy atom. The molecule has 1 amide bonds. The summed E-state index contributed by atoms with van der Waals surface area (Å²) in [6, 6.07) is 11.6. The summed E-state index contributed by atoms with van der Waals surface area (Å²) < 4.78 is 7.01. The predicted octanol–water partition coefficient (Wildman–Crippen LogP) is 4.16. The summed E-state index contributed by atoms with van der Waals surface area (Å²) in [5, 5.41) is 17.6. The number of aryl methyl sites for hydroxylation is 1. The maximum absolute atomic E-state index is 13.2. The third kappa shape index (κ3) is 5.02. The molecule has 8 nitrogen and oxygen atoms in total. The van der Waals surface area contributed by atoms with Crippen molar-refractivity contribution in [3.8, 4) is 17.1 Å². The summed E-state index contributed by atoms with van der Waals surface area (Å²) in [6.45, 7) is 3.82. The highest BCUT2D eigenvalue weighted by Gasteiger charge is 2.26. The van der Waals surface area contributed by atoms with Crippen LogP contribution in [-0.4, -0.2) is 42.9 Å². The first-order valence-electron chi connectivity index (χ1n) is 12.0. The lowest BCUT2D eigenvalue weighted by molar-refractivity contribution is 0.0713. The summed E-state index contributed by atoms with van der Waals surface area (Å²) in [6.07, 6.45) is 8.74. The zero-order valence-electron chi connectivity index (χ0n) is 19.9. The fourth-order valence-electron chi connectivity index (χ4n) is 4.60. The molecule has 2 N–H and O–H groups in total. The van der Waals surface area contributed by atoms with Crippen LogP contribution in [0, 0.1) is 13.8 Å². The van der Waals surface area contributed by atoms with Crippen molar-refractivity contribution in [3.63, 3.8) is 0 Å². The van der Waals surface area contributed by atoms with Crippen LogP contribution in [0.3, 0.4) is 0 Å². The minimum atomic E-state index is -0.518. The van der Waals surface area contributed by atoms with Crippen LogP contribution in [0.15, 0.2) is 59.5 Å². The molecule has 35 heavy (non-hydrogen) atoms. The number of aliphatic hydroxyl groups excluding tert-OH is 1. The zero-order chi connectivity index (χ0) is 24.4. The zero-order valence-corrected chi connectivity index (χ0v) is 19.9. The molecule has 180 valence electrons. The molecule has 2 atom stereocenters. The van der Waals surface area contributed by atoms with E-state index in [2.05, 4.69) is 32.5 Å². The Morgan fingerprint density at radius 1 is 1.17 bits per heavy atom. The van der Waals surface area contributed by atoms with E-state index in [1.54, 1.807) is 17.1 Å². The Bertz CT molecular complexity index is 1310. The Balaban J connectivity index is 1.44. The number of aliphatic hydroxyl groups is 1. The van der Waals surface area contributed by atoms with Gasteiger partial charge in [-0.3, -0.25) is 4.79 Å².